The minimum absolute atomic E-state index is 0.00504. The molecule has 0 saturated heterocycles. The van der Waals surface area contributed by atoms with Crippen molar-refractivity contribution in [3.05, 3.63) is 44.0 Å². The van der Waals surface area contributed by atoms with Crippen LogP contribution in [0.15, 0.2) is 28.4 Å². The zero-order valence-electron chi connectivity index (χ0n) is 12.6. The van der Waals surface area contributed by atoms with Gasteiger partial charge in [-0.15, -0.1) is 0 Å². The monoisotopic (exact) mass is 442 g/mol. The van der Waals surface area contributed by atoms with Gasteiger partial charge in [-0.2, -0.15) is 18.4 Å². The zero-order valence-corrected chi connectivity index (χ0v) is 15.7. The summed E-state index contributed by atoms with van der Waals surface area (Å²) in [7, 11) is 0. The molecule has 0 bridgehead atoms. The summed E-state index contributed by atoms with van der Waals surface area (Å²) >= 11 is 14.8. The summed E-state index contributed by atoms with van der Waals surface area (Å²) in [5.41, 5.74) is -2.08. The van der Waals surface area contributed by atoms with Crippen molar-refractivity contribution in [1.82, 2.24) is 5.06 Å². The van der Waals surface area contributed by atoms with Crippen LogP contribution >= 0.6 is 39.1 Å². The minimum atomic E-state index is -4.70. The molecule has 0 aromatic heterocycles. The molecular weight excluding hydrogens is 432 g/mol. The first-order valence-electron chi connectivity index (χ1n) is 6.84. The highest BCUT2D eigenvalue weighted by Crippen LogP contribution is 2.55. The summed E-state index contributed by atoms with van der Waals surface area (Å²) in [5, 5.41) is 10.7. The first-order chi connectivity index (χ1) is 11.1. The summed E-state index contributed by atoms with van der Waals surface area (Å²) in [6.45, 7) is 3.06. The number of halogens is 6. The van der Waals surface area contributed by atoms with Gasteiger partial charge in [-0.05, 0) is 31.5 Å². The molecule has 0 radical (unpaired) electrons. The molecule has 3 nitrogen and oxygen atoms in total. The van der Waals surface area contributed by atoms with Crippen LogP contribution < -0.4 is 0 Å². The van der Waals surface area contributed by atoms with Crippen LogP contribution in [0.1, 0.15) is 19.4 Å². The molecule has 0 fully saturated rings. The van der Waals surface area contributed by atoms with Gasteiger partial charge in [0, 0.05) is 4.48 Å². The van der Waals surface area contributed by atoms with Crippen LogP contribution in [-0.4, -0.2) is 17.8 Å². The third-order valence-corrected chi connectivity index (χ3v) is 5.40. The Kier molecular flexibility index (Phi) is 5.46. The molecule has 2 unspecified atom stereocenters. The molecule has 0 N–H and O–H groups in total. The Morgan fingerprint density at radius 3 is 2.46 bits per heavy atom. The number of allylic oxidation sites excluding steroid dienone is 1. The SMILES string of the molecule is CCON1C(C(F)(F)F)=C(Br)C(C#N)C1(C)c1ccc(Cl)c(Cl)c1. The Morgan fingerprint density at radius 2 is 2.00 bits per heavy atom. The van der Waals surface area contributed by atoms with Crippen LogP contribution in [0.4, 0.5) is 13.2 Å². The van der Waals surface area contributed by atoms with Gasteiger partial charge in [0.25, 0.3) is 0 Å². The summed E-state index contributed by atoms with van der Waals surface area (Å²) in [4.78, 5) is 5.28. The van der Waals surface area contributed by atoms with E-state index >= 15 is 0 Å². The maximum absolute atomic E-state index is 13.5. The fourth-order valence-corrected chi connectivity index (χ4v) is 3.92. The molecule has 1 heterocycles. The maximum Gasteiger partial charge on any atom is 0.434 e. The molecule has 0 spiro atoms. The summed E-state index contributed by atoms with van der Waals surface area (Å²) in [5.74, 6) is -1.14. The molecule has 1 aliphatic heterocycles. The molecule has 9 heteroatoms. The van der Waals surface area contributed by atoms with Crippen molar-refractivity contribution in [3.63, 3.8) is 0 Å². The second-order valence-electron chi connectivity index (χ2n) is 5.24. The molecule has 1 aromatic rings. The molecule has 0 saturated carbocycles. The lowest BCUT2D eigenvalue weighted by molar-refractivity contribution is -0.231. The van der Waals surface area contributed by atoms with Crippen LogP contribution in [0.25, 0.3) is 0 Å². The van der Waals surface area contributed by atoms with Gasteiger partial charge >= 0.3 is 6.18 Å². The summed E-state index contributed by atoms with van der Waals surface area (Å²) in [6, 6.07) is 6.38. The van der Waals surface area contributed by atoms with E-state index in [1.165, 1.54) is 25.1 Å². The molecule has 1 aliphatic rings. The van der Waals surface area contributed by atoms with Crippen molar-refractivity contribution in [2.75, 3.05) is 6.61 Å². The third kappa shape index (κ3) is 3.01. The van der Waals surface area contributed by atoms with Gasteiger partial charge in [0.05, 0.1) is 22.7 Å². The summed E-state index contributed by atoms with van der Waals surface area (Å²) in [6.07, 6.45) is -4.70. The Balaban J connectivity index is 2.70. The number of benzene rings is 1. The van der Waals surface area contributed by atoms with Crippen molar-refractivity contribution in [1.29, 1.82) is 5.26 Å². The number of nitriles is 1. The van der Waals surface area contributed by atoms with E-state index in [9.17, 15) is 18.4 Å². The number of hydrogen-bond acceptors (Lipinski definition) is 3. The molecule has 0 aliphatic carbocycles. The third-order valence-electron chi connectivity index (χ3n) is 3.83. The van der Waals surface area contributed by atoms with Crippen molar-refractivity contribution in [3.8, 4) is 6.07 Å². The van der Waals surface area contributed by atoms with Gasteiger partial charge in [-0.25, -0.2) is 5.06 Å². The smallest absolute Gasteiger partial charge is 0.273 e. The molecular formula is C15H12BrCl2F3N2O. The lowest BCUT2D eigenvalue weighted by Crippen LogP contribution is -2.45. The first kappa shape index (κ1) is 19.4. The van der Waals surface area contributed by atoms with Crippen molar-refractivity contribution >= 4 is 39.1 Å². The molecule has 24 heavy (non-hydrogen) atoms. The first-order valence-corrected chi connectivity index (χ1v) is 8.39. The lowest BCUT2D eigenvalue weighted by Gasteiger charge is -2.39. The van der Waals surface area contributed by atoms with Gasteiger partial charge in [0.2, 0.25) is 0 Å². The van der Waals surface area contributed by atoms with E-state index < -0.39 is 23.3 Å². The van der Waals surface area contributed by atoms with E-state index in [-0.39, 0.29) is 21.1 Å². The standard InChI is InChI=1S/C15H12BrCl2F3N2O/c1-3-24-23-13(15(19,20)21)12(16)9(7-22)14(23,2)8-4-5-10(17)11(18)6-8/h4-6,9H,3H2,1-2H3. The van der Waals surface area contributed by atoms with Gasteiger partial charge in [0.15, 0.2) is 5.70 Å². The topological polar surface area (TPSA) is 36.3 Å². The fourth-order valence-electron chi connectivity index (χ4n) is 2.69. The Hall–Kier alpha value is -0.940. The van der Waals surface area contributed by atoms with E-state index in [0.29, 0.717) is 5.56 Å². The minimum Gasteiger partial charge on any atom is -0.273 e. The molecule has 0 amide bonds. The normalized spacial score (nSPS) is 24.5. The van der Waals surface area contributed by atoms with Crippen molar-refractivity contribution < 1.29 is 18.0 Å². The highest BCUT2D eigenvalue weighted by molar-refractivity contribution is 9.11. The second-order valence-corrected chi connectivity index (χ2v) is 6.91. The number of nitrogens with zero attached hydrogens (tertiary/aromatic N) is 2. The maximum atomic E-state index is 13.5. The van der Waals surface area contributed by atoms with Gasteiger partial charge in [-0.1, -0.05) is 45.2 Å². The van der Waals surface area contributed by atoms with E-state index in [1.54, 1.807) is 6.92 Å². The molecule has 2 atom stereocenters. The van der Waals surface area contributed by atoms with Crippen LogP contribution in [0.2, 0.25) is 10.0 Å². The molecule has 1 aromatic carbocycles. The Labute approximate surface area is 155 Å². The number of hydroxylamine groups is 2. The van der Waals surface area contributed by atoms with Crippen LogP contribution in [0.5, 0.6) is 0 Å². The van der Waals surface area contributed by atoms with E-state index in [1.807, 2.05) is 6.07 Å². The molecule has 2 rings (SSSR count). The number of alkyl halides is 3. The number of hydrogen-bond donors (Lipinski definition) is 0. The predicted octanol–water partition coefficient (Wildman–Crippen LogP) is 5.78. The van der Waals surface area contributed by atoms with Crippen LogP contribution in [0, 0.1) is 17.2 Å². The quantitative estimate of drug-likeness (QED) is 0.593. The van der Waals surface area contributed by atoms with Crippen LogP contribution in [-0.2, 0) is 10.4 Å². The highest BCUT2D eigenvalue weighted by Gasteiger charge is 2.59. The largest absolute Gasteiger partial charge is 0.434 e. The van der Waals surface area contributed by atoms with E-state index in [2.05, 4.69) is 15.9 Å². The van der Waals surface area contributed by atoms with Gasteiger partial charge < -0.3 is 0 Å². The van der Waals surface area contributed by atoms with Gasteiger partial charge in [-0.3, -0.25) is 4.84 Å². The predicted molar refractivity (Wildman–Crippen MR) is 88.4 cm³/mol. The Bertz CT molecular complexity index is 732. The van der Waals surface area contributed by atoms with E-state index in [4.69, 9.17) is 28.0 Å². The van der Waals surface area contributed by atoms with E-state index in [0.717, 1.165) is 5.06 Å². The lowest BCUT2D eigenvalue weighted by atomic mass is 9.82. The average Bonchev–Trinajstić information content (AvgIpc) is 2.70. The van der Waals surface area contributed by atoms with Crippen molar-refractivity contribution in [2.24, 2.45) is 5.92 Å². The molecule has 130 valence electrons. The van der Waals surface area contributed by atoms with Gasteiger partial charge in [0.1, 0.15) is 11.5 Å². The highest BCUT2D eigenvalue weighted by atomic mass is 79.9. The Morgan fingerprint density at radius 1 is 1.38 bits per heavy atom. The average molecular weight is 444 g/mol. The number of rotatable bonds is 3. The zero-order chi connectivity index (χ0) is 18.3. The van der Waals surface area contributed by atoms with Crippen molar-refractivity contribution in [2.45, 2.75) is 25.6 Å². The summed E-state index contributed by atoms with van der Waals surface area (Å²) < 4.78 is 40.3. The fraction of sp³-hybridized carbons (Fsp3) is 0.400. The second kappa shape index (κ2) is 6.75. The van der Waals surface area contributed by atoms with Crippen LogP contribution in [0.3, 0.4) is 0 Å².